The predicted molar refractivity (Wildman–Crippen MR) is 50.2 cm³/mol. The van der Waals surface area contributed by atoms with Crippen molar-refractivity contribution in [2.75, 3.05) is 0 Å². The van der Waals surface area contributed by atoms with Gasteiger partial charge in [-0.25, -0.2) is 15.0 Å². The molecular weight excluding hydrogens is 162 g/mol. The molecule has 0 fully saturated rings. The van der Waals surface area contributed by atoms with E-state index < -0.39 is 0 Å². The average Bonchev–Trinajstić information content (AvgIpc) is 2.21. The highest BCUT2D eigenvalue weighted by molar-refractivity contribution is 5.34. The number of hydrogen-bond donors (Lipinski definition) is 0. The largest absolute Gasteiger partial charge is 0.244 e. The highest BCUT2D eigenvalue weighted by Gasteiger charge is 2.10. The van der Waals surface area contributed by atoms with Crippen LogP contribution in [-0.4, -0.2) is 9.97 Å². The fourth-order valence-electron chi connectivity index (χ4n) is 1.29. The molecule has 3 nitrogen and oxygen atoms in total. The van der Waals surface area contributed by atoms with Crippen LogP contribution in [0.25, 0.3) is 6.08 Å². The second-order valence-electron chi connectivity index (χ2n) is 3.71. The Hall–Kier alpha value is -1.51. The summed E-state index contributed by atoms with van der Waals surface area (Å²) in [4.78, 5) is 12.3. The van der Waals surface area contributed by atoms with Gasteiger partial charge in [0.05, 0.1) is 0 Å². The van der Waals surface area contributed by atoms with Gasteiger partial charge in [0.15, 0.2) is 5.49 Å². The van der Waals surface area contributed by atoms with Crippen LogP contribution in [0.4, 0.5) is 0 Å². The molecule has 0 saturated heterocycles. The van der Waals surface area contributed by atoms with E-state index in [9.17, 15) is 0 Å². The highest BCUT2D eigenvalue weighted by atomic mass is 14.9. The first-order valence-corrected chi connectivity index (χ1v) is 4.22. The number of aromatic nitrogens is 2. The summed E-state index contributed by atoms with van der Waals surface area (Å²) in [5.74, 6) is 0. The van der Waals surface area contributed by atoms with Crippen LogP contribution < -0.4 is 10.7 Å². The summed E-state index contributed by atoms with van der Waals surface area (Å²) in [7, 11) is 0. The van der Waals surface area contributed by atoms with Crippen molar-refractivity contribution in [2.24, 2.45) is 10.4 Å². The summed E-state index contributed by atoms with van der Waals surface area (Å²) < 4.78 is 0. The maximum Gasteiger partial charge on any atom is 0.162 e. The molecule has 66 valence electrons. The lowest BCUT2D eigenvalue weighted by molar-refractivity contribution is 0.669. The molecule has 0 unspecified atom stereocenters. The third-order valence-electron chi connectivity index (χ3n) is 1.95. The van der Waals surface area contributed by atoms with E-state index in [-0.39, 0.29) is 5.41 Å². The molecule has 2 rings (SSSR count). The van der Waals surface area contributed by atoms with Gasteiger partial charge in [-0.1, -0.05) is 26.0 Å². The van der Waals surface area contributed by atoms with Crippen molar-refractivity contribution < 1.29 is 0 Å². The lowest BCUT2D eigenvalue weighted by Gasteiger charge is -2.11. The van der Waals surface area contributed by atoms with Gasteiger partial charge < -0.3 is 0 Å². The van der Waals surface area contributed by atoms with E-state index in [1.807, 2.05) is 0 Å². The van der Waals surface area contributed by atoms with Crippen LogP contribution in [0.3, 0.4) is 0 Å². The molecule has 0 bridgehead atoms. The van der Waals surface area contributed by atoms with E-state index >= 15 is 0 Å². The molecule has 0 radical (unpaired) electrons. The van der Waals surface area contributed by atoms with Crippen LogP contribution in [0, 0.1) is 5.41 Å². The second kappa shape index (κ2) is 2.76. The zero-order valence-electron chi connectivity index (χ0n) is 7.73. The Morgan fingerprint density at radius 3 is 3.00 bits per heavy atom. The van der Waals surface area contributed by atoms with Crippen molar-refractivity contribution in [3.8, 4) is 0 Å². The zero-order valence-corrected chi connectivity index (χ0v) is 7.73. The standard InChI is InChI=1S/C10H11N3/c1-10(2)3-4-12-9-8(5-10)6-11-7-13-9/h3-7H,1-2H3. The Balaban J connectivity index is 2.77. The second-order valence-corrected chi connectivity index (χ2v) is 3.71. The van der Waals surface area contributed by atoms with Gasteiger partial charge in [0, 0.05) is 23.0 Å². The van der Waals surface area contributed by atoms with Gasteiger partial charge in [0.2, 0.25) is 0 Å². The Kier molecular flexibility index (Phi) is 1.72. The van der Waals surface area contributed by atoms with Crippen LogP contribution in [0.5, 0.6) is 0 Å². The summed E-state index contributed by atoms with van der Waals surface area (Å²) in [6.45, 7) is 4.25. The first kappa shape index (κ1) is 8.10. The minimum Gasteiger partial charge on any atom is -0.244 e. The van der Waals surface area contributed by atoms with Gasteiger partial charge in [-0.05, 0) is 0 Å². The zero-order chi connectivity index (χ0) is 9.31. The molecule has 0 N–H and O–H groups in total. The summed E-state index contributed by atoms with van der Waals surface area (Å²) >= 11 is 0. The lowest BCUT2D eigenvalue weighted by Crippen LogP contribution is -2.29. The van der Waals surface area contributed by atoms with E-state index in [1.165, 1.54) is 6.33 Å². The van der Waals surface area contributed by atoms with Crippen molar-refractivity contribution in [1.29, 1.82) is 0 Å². The van der Waals surface area contributed by atoms with Crippen LogP contribution >= 0.6 is 0 Å². The van der Waals surface area contributed by atoms with Crippen LogP contribution in [0.2, 0.25) is 0 Å². The van der Waals surface area contributed by atoms with Crippen molar-refractivity contribution in [3.05, 3.63) is 35.5 Å². The Morgan fingerprint density at radius 1 is 1.31 bits per heavy atom. The molecule has 1 aliphatic rings. The summed E-state index contributed by atoms with van der Waals surface area (Å²) in [5.41, 5.74) is 0.774. The third kappa shape index (κ3) is 1.64. The quantitative estimate of drug-likeness (QED) is 0.570. The van der Waals surface area contributed by atoms with Gasteiger partial charge in [0.25, 0.3) is 0 Å². The predicted octanol–water partition coefficient (Wildman–Crippen LogP) is 0.430. The fraction of sp³-hybridized carbons (Fsp3) is 0.300. The van der Waals surface area contributed by atoms with Crippen molar-refractivity contribution in [3.63, 3.8) is 0 Å². The van der Waals surface area contributed by atoms with Gasteiger partial charge >= 0.3 is 0 Å². The molecule has 0 amide bonds. The first-order chi connectivity index (χ1) is 6.17. The van der Waals surface area contributed by atoms with Crippen LogP contribution in [0.1, 0.15) is 13.8 Å². The summed E-state index contributed by atoms with van der Waals surface area (Å²) in [5, 5.41) is 0.998. The van der Waals surface area contributed by atoms with Gasteiger partial charge in [-0.15, -0.1) is 0 Å². The number of nitrogens with zero attached hydrogens (tertiary/aromatic N) is 3. The van der Waals surface area contributed by atoms with E-state index in [4.69, 9.17) is 0 Å². The van der Waals surface area contributed by atoms with Crippen molar-refractivity contribution >= 4 is 6.08 Å². The molecule has 0 spiro atoms. The third-order valence-corrected chi connectivity index (χ3v) is 1.95. The maximum atomic E-state index is 4.22. The first-order valence-electron chi connectivity index (χ1n) is 4.22. The number of allylic oxidation sites excluding steroid dienone is 1. The van der Waals surface area contributed by atoms with E-state index in [0.717, 1.165) is 10.7 Å². The van der Waals surface area contributed by atoms with Gasteiger partial charge in [-0.2, -0.15) is 0 Å². The minimum atomic E-state index is 0.0272. The molecule has 3 heteroatoms. The van der Waals surface area contributed by atoms with Gasteiger partial charge in [0.1, 0.15) is 6.33 Å². The van der Waals surface area contributed by atoms with Crippen LogP contribution in [-0.2, 0) is 0 Å². The monoisotopic (exact) mass is 173 g/mol. The Bertz CT molecular complexity index is 457. The molecule has 0 atom stereocenters. The summed E-state index contributed by atoms with van der Waals surface area (Å²) in [6.07, 6.45) is 9.28. The van der Waals surface area contributed by atoms with E-state index in [2.05, 4.69) is 41.0 Å². The fourth-order valence-corrected chi connectivity index (χ4v) is 1.29. The van der Waals surface area contributed by atoms with E-state index in [1.54, 1.807) is 12.4 Å². The molecular formula is C10H11N3. The van der Waals surface area contributed by atoms with Crippen molar-refractivity contribution in [1.82, 2.24) is 9.97 Å². The maximum absolute atomic E-state index is 4.22. The minimum absolute atomic E-state index is 0.0272. The molecule has 13 heavy (non-hydrogen) atoms. The Labute approximate surface area is 76.6 Å². The molecule has 0 aliphatic carbocycles. The average molecular weight is 173 g/mol. The molecule has 0 saturated carbocycles. The van der Waals surface area contributed by atoms with Gasteiger partial charge in [-0.3, -0.25) is 0 Å². The van der Waals surface area contributed by atoms with Crippen LogP contribution in [0.15, 0.2) is 29.8 Å². The number of hydrogen-bond acceptors (Lipinski definition) is 3. The lowest BCUT2D eigenvalue weighted by atomic mass is 9.93. The number of rotatable bonds is 0. The van der Waals surface area contributed by atoms with E-state index in [0.29, 0.717) is 0 Å². The van der Waals surface area contributed by atoms with Crippen molar-refractivity contribution in [2.45, 2.75) is 13.8 Å². The summed E-state index contributed by atoms with van der Waals surface area (Å²) in [6, 6.07) is 0. The molecule has 1 aromatic rings. The molecule has 1 aliphatic heterocycles. The highest BCUT2D eigenvalue weighted by Crippen LogP contribution is 2.18. The molecule has 2 heterocycles. The topological polar surface area (TPSA) is 38.1 Å². The Morgan fingerprint density at radius 2 is 2.15 bits per heavy atom. The normalized spacial score (nSPS) is 18.0. The smallest absolute Gasteiger partial charge is 0.162 e. The number of fused-ring (bicyclic) bond motifs is 1. The molecule has 0 aromatic carbocycles. The SMILES string of the molecule is CC1(C)C=CN=c2ncncc2=C1. The molecule has 1 aromatic heterocycles.